The van der Waals surface area contributed by atoms with Gasteiger partial charge in [0.25, 0.3) is 0 Å². The van der Waals surface area contributed by atoms with Crippen molar-refractivity contribution < 1.29 is 52.2 Å². The lowest BCUT2D eigenvalue weighted by Gasteiger charge is -2.32. The highest BCUT2D eigenvalue weighted by molar-refractivity contribution is 5.85. The van der Waals surface area contributed by atoms with Crippen molar-refractivity contribution in [1.82, 2.24) is 0 Å². The molecule has 0 aliphatic carbocycles. The molecule has 5 heterocycles. The van der Waals surface area contributed by atoms with Gasteiger partial charge in [0.1, 0.15) is 55.4 Å². The first-order chi connectivity index (χ1) is 15.7. The molecule has 0 aromatic rings. The number of hydrogen-bond acceptors (Lipinski definition) is 11. The number of carbonyl (C=O) groups is 1. The van der Waals surface area contributed by atoms with Gasteiger partial charge in [0.05, 0.1) is 72.7 Å². The molecule has 5 rings (SSSR count). The molecule has 0 spiro atoms. The number of rotatable bonds is 20. The maximum atomic E-state index is 13.1. The molecular weight excluding hydrogens is 428 g/mol. The van der Waals surface area contributed by atoms with Crippen LogP contribution >= 0.6 is 0 Å². The molecule has 5 unspecified atom stereocenters. The minimum absolute atomic E-state index is 0.000922. The van der Waals surface area contributed by atoms with Crippen LogP contribution in [0.3, 0.4) is 0 Å². The van der Waals surface area contributed by atoms with Gasteiger partial charge in [-0.15, -0.1) is 0 Å². The predicted molar refractivity (Wildman–Crippen MR) is 105 cm³/mol. The van der Waals surface area contributed by atoms with Gasteiger partial charge in [-0.2, -0.15) is 0 Å². The molecule has 5 saturated heterocycles. The largest absolute Gasteiger partial charge is 0.376 e. The topological polar surface area (TPSA) is 126 Å². The summed E-state index contributed by atoms with van der Waals surface area (Å²) in [5.41, 5.74) is 0. The van der Waals surface area contributed by atoms with Crippen molar-refractivity contribution in [3.05, 3.63) is 0 Å². The van der Waals surface area contributed by atoms with E-state index in [1.54, 1.807) is 0 Å². The van der Waals surface area contributed by atoms with Crippen molar-refractivity contribution in [2.75, 3.05) is 79.3 Å². The van der Waals surface area contributed by atoms with Gasteiger partial charge in [-0.05, 0) is 0 Å². The van der Waals surface area contributed by atoms with Crippen molar-refractivity contribution in [1.29, 1.82) is 0 Å². The van der Waals surface area contributed by atoms with Gasteiger partial charge in [0.2, 0.25) is 0 Å². The van der Waals surface area contributed by atoms with E-state index in [1.165, 1.54) is 0 Å². The molecule has 11 heteroatoms. The summed E-state index contributed by atoms with van der Waals surface area (Å²) < 4.78 is 55.9. The Morgan fingerprint density at radius 1 is 0.656 bits per heavy atom. The van der Waals surface area contributed by atoms with Crippen molar-refractivity contribution in [2.45, 2.75) is 48.8 Å². The molecule has 5 fully saturated rings. The molecule has 5 aliphatic rings. The van der Waals surface area contributed by atoms with Crippen LogP contribution in [0.4, 0.5) is 0 Å². The first kappa shape index (κ1) is 23.0. The zero-order chi connectivity index (χ0) is 21.8. The van der Waals surface area contributed by atoms with E-state index in [2.05, 4.69) is 0 Å². The Morgan fingerprint density at radius 3 is 1.69 bits per heavy atom. The maximum Gasteiger partial charge on any atom is 0.189 e. The summed E-state index contributed by atoms with van der Waals surface area (Å²) in [5, 5.41) is 0. The van der Waals surface area contributed by atoms with E-state index in [9.17, 15) is 4.79 Å². The second-order valence-electron chi connectivity index (χ2n) is 8.72. The van der Waals surface area contributed by atoms with Crippen molar-refractivity contribution in [2.24, 2.45) is 0 Å². The molecule has 0 aromatic carbocycles. The summed E-state index contributed by atoms with van der Waals surface area (Å²) in [5.74, 6) is -0.213. The Bertz CT molecular complexity index is 599. The second kappa shape index (κ2) is 11.1. The summed E-state index contributed by atoms with van der Waals surface area (Å²) in [4.78, 5) is 13.1. The minimum Gasteiger partial charge on any atom is -0.376 e. The van der Waals surface area contributed by atoms with E-state index in [0.717, 1.165) is 0 Å². The number of Topliss-reactive ketones (excluding diaryl/α,β-unsaturated/α-hetero) is 1. The number of carbonyl (C=O) groups excluding carboxylic acids is 1. The molecule has 0 aromatic heterocycles. The van der Waals surface area contributed by atoms with Crippen LogP contribution in [0.15, 0.2) is 0 Å². The van der Waals surface area contributed by atoms with Crippen LogP contribution in [0, 0.1) is 0 Å². The number of hydrogen-bond donors (Lipinski definition) is 0. The minimum atomic E-state index is -0.885. The van der Waals surface area contributed by atoms with Crippen molar-refractivity contribution in [3.63, 3.8) is 0 Å². The molecule has 8 atom stereocenters. The molecule has 182 valence electrons. The Hall–Kier alpha value is -0.730. The van der Waals surface area contributed by atoms with E-state index in [4.69, 9.17) is 47.4 Å². The van der Waals surface area contributed by atoms with Crippen LogP contribution in [0.2, 0.25) is 0 Å². The summed E-state index contributed by atoms with van der Waals surface area (Å²) in [7, 11) is 0. The van der Waals surface area contributed by atoms with Gasteiger partial charge in [0, 0.05) is 0 Å². The second-order valence-corrected chi connectivity index (χ2v) is 8.72. The maximum absolute atomic E-state index is 13.1. The molecule has 0 saturated carbocycles. The SMILES string of the molecule is O=C(COCC1CO1)[C@@H](OCC1CO1)[C@H](OCC1CO1)[C@@H](COCC1CO1)OCC1CO1. The quantitative estimate of drug-likeness (QED) is 0.202. The average molecular weight is 460 g/mol. The van der Waals surface area contributed by atoms with Gasteiger partial charge in [-0.25, -0.2) is 0 Å². The van der Waals surface area contributed by atoms with Crippen molar-refractivity contribution in [3.8, 4) is 0 Å². The van der Waals surface area contributed by atoms with Crippen LogP contribution in [0.5, 0.6) is 0 Å². The highest BCUT2D eigenvalue weighted by Crippen LogP contribution is 2.22. The Morgan fingerprint density at radius 2 is 1.12 bits per heavy atom. The fourth-order valence-corrected chi connectivity index (χ4v) is 3.17. The third-order valence-corrected chi connectivity index (χ3v) is 5.56. The van der Waals surface area contributed by atoms with Gasteiger partial charge in [-0.1, -0.05) is 0 Å². The molecule has 0 radical (unpaired) electrons. The lowest BCUT2D eigenvalue weighted by Crippen LogP contribution is -2.51. The van der Waals surface area contributed by atoms with E-state index in [-0.39, 0.29) is 49.5 Å². The van der Waals surface area contributed by atoms with Crippen molar-refractivity contribution >= 4 is 5.78 Å². The van der Waals surface area contributed by atoms with E-state index < -0.39 is 18.3 Å². The third-order valence-electron chi connectivity index (χ3n) is 5.56. The standard InChI is InChI=1S/C21H32O11/c22-18(11-23-1-13-3-25-13)20(31-9-16-6-28-16)21(32-10-17-7-29-17)19(30-8-15-5-27-15)12-24-2-14-4-26-14/h13-17,19-21H,1-12H2/t13?,14?,15?,16?,17?,19-,20-,21-/m1/s1. The summed E-state index contributed by atoms with van der Waals surface area (Å²) in [6.45, 7) is 5.36. The Kier molecular flexibility index (Phi) is 8.01. The lowest BCUT2D eigenvalue weighted by atomic mass is 10.0. The summed E-state index contributed by atoms with van der Waals surface area (Å²) >= 11 is 0. The molecule has 0 N–H and O–H groups in total. The highest BCUT2D eigenvalue weighted by Gasteiger charge is 2.41. The molecular formula is C21H32O11. The van der Waals surface area contributed by atoms with Crippen LogP contribution in [-0.2, 0) is 52.2 Å². The normalized spacial score (nSPS) is 34.6. The third kappa shape index (κ3) is 8.24. The van der Waals surface area contributed by atoms with Crippen LogP contribution in [-0.4, -0.2) is 134 Å². The fourth-order valence-electron chi connectivity index (χ4n) is 3.17. The molecule has 5 aliphatic heterocycles. The average Bonchev–Trinajstić information content (AvgIpc) is 3.62. The number of ether oxygens (including phenoxy) is 10. The van der Waals surface area contributed by atoms with Gasteiger partial charge >= 0.3 is 0 Å². The fraction of sp³-hybridized carbons (Fsp3) is 0.952. The van der Waals surface area contributed by atoms with Crippen LogP contribution in [0.25, 0.3) is 0 Å². The molecule has 0 bridgehead atoms. The molecule has 32 heavy (non-hydrogen) atoms. The summed E-state index contributed by atoms with van der Waals surface area (Å²) in [6, 6.07) is 0. The highest BCUT2D eigenvalue weighted by atomic mass is 16.6. The van der Waals surface area contributed by atoms with Crippen LogP contribution < -0.4 is 0 Å². The molecule has 0 amide bonds. The van der Waals surface area contributed by atoms with Gasteiger partial charge < -0.3 is 47.4 Å². The van der Waals surface area contributed by atoms with E-state index in [0.29, 0.717) is 66.1 Å². The predicted octanol–water partition coefficient (Wildman–Crippen LogP) is -1.26. The zero-order valence-corrected chi connectivity index (χ0v) is 18.1. The smallest absolute Gasteiger partial charge is 0.189 e. The number of ketones is 1. The van der Waals surface area contributed by atoms with Gasteiger partial charge in [0.15, 0.2) is 5.78 Å². The van der Waals surface area contributed by atoms with Crippen LogP contribution in [0.1, 0.15) is 0 Å². The number of epoxide rings is 5. The summed E-state index contributed by atoms with van der Waals surface area (Å²) in [6.07, 6.45) is -1.81. The van der Waals surface area contributed by atoms with E-state index in [1.807, 2.05) is 0 Å². The Balaban J connectivity index is 1.23. The lowest BCUT2D eigenvalue weighted by molar-refractivity contribution is -0.173. The monoisotopic (exact) mass is 460 g/mol. The molecule has 11 nitrogen and oxygen atoms in total. The Labute approximate surface area is 186 Å². The van der Waals surface area contributed by atoms with E-state index >= 15 is 0 Å². The van der Waals surface area contributed by atoms with Gasteiger partial charge in [-0.3, -0.25) is 4.79 Å². The zero-order valence-electron chi connectivity index (χ0n) is 18.1. The first-order valence-corrected chi connectivity index (χ1v) is 11.4. The first-order valence-electron chi connectivity index (χ1n) is 11.4.